The first-order valence-electron chi connectivity index (χ1n) is 11.9. The van der Waals surface area contributed by atoms with Crippen LogP contribution in [0.15, 0.2) is 53.6 Å². The maximum Gasteiger partial charge on any atom is 0.281 e. The van der Waals surface area contributed by atoms with Crippen molar-refractivity contribution in [3.8, 4) is 22.9 Å². The summed E-state index contributed by atoms with van der Waals surface area (Å²) in [5, 5.41) is -0.411. The lowest BCUT2D eigenvalue weighted by atomic mass is 9.90. The number of rotatable bonds is 10. The second-order valence-electron chi connectivity index (χ2n) is 9.86. The zero-order valence-electron chi connectivity index (χ0n) is 21.2. The summed E-state index contributed by atoms with van der Waals surface area (Å²) in [7, 11) is -4.33. The fraction of sp³-hybridized carbons (Fsp3) is 0.346. The van der Waals surface area contributed by atoms with Crippen LogP contribution in [-0.2, 0) is 14.8 Å². The lowest BCUT2D eigenvalue weighted by molar-refractivity contribution is -0.120. The van der Waals surface area contributed by atoms with Gasteiger partial charge in [-0.15, -0.1) is 0 Å². The van der Waals surface area contributed by atoms with E-state index in [9.17, 15) is 17.6 Å². The summed E-state index contributed by atoms with van der Waals surface area (Å²) < 4.78 is 58.7. The van der Waals surface area contributed by atoms with Gasteiger partial charge in [-0.2, -0.15) is 8.42 Å². The number of nitrogens with two attached hydrogens (primary N) is 1. The summed E-state index contributed by atoms with van der Waals surface area (Å²) in [5.74, 6) is -1.05. The average Bonchev–Trinajstić information content (AvgIpc) is 2.84. The molecule has 10 nitrogen and oxygen atoms in total. The molecule has 3 heterocycles. The summed E-state index contributed by atoms with van der Waals surface area (Å²) in [6, 6.07) is 11.1. The molecule has 3 N–H and O–H groups in total. The summed E-state index contributed by atoms with van der Waals surface area (Å²) >= 11 is 0. The number of sulfonamides is 1. The quantitative estimate of drug-likeness (QED) is 0.392. The fourth-order valence-electron chi connectivity index (χ4n) is 3.53. The molecule has 0 spiro atoms. The second-order valence-corrected chi connectivity index (χ2v) is 11.5. The molecule has 202 valence electrons. The number of hydrogen-bond acceptors (Lipinski definition) is 9. The number of nitrogens with zero attached hydrogens (tertiary/aromatic N) is 2. The molecule has 1 fully saturated rings. The number of amides is 1. The van der Waals surface area contributed by atoms with Gasteiger partial charge in [0.1, 0.15) is 22.9 Å². The van der Waals surface area contributed by atoms with Crippen LogP contribution in [0.3, 0.4) is 0 Å². The van der Waals surface area contributed by atoms with E-state index in [0.717, 1.165) is 0 Å². The minimum absolute atomic E-state index is 0.0156. The van der Waals surface area contributed by atoms with E-state index in [0.29, 0.717) is 36.8 Å². The van der Waals surface area contributed by atoms with E-state index in [1.807, 2.05) is 25.5 Å². The molecule has 1 aliphatic heterocycles. The van der Waals surface area contributed by atoms with Crippen LogP contribution in [0.4, 0.5) is 10.2 Å². The molecule has 0 unspecified atom stereocenters. The Bertz CT molecular complexity index is 1440. The molecule has 3 aromatic rings. The van der Waals surface area contributed by atoms with E-state index >= 15 is 0 Å². The van der Waals surface area contributed by atoms with E-state index in [1.54, 1.807) is 6.07 Å². The number of anilines is 1. The second kappa shape index (κ2) is 10.9. The molecule has 1 aromatic carbocycles. The number of halogens is 1. The number of carbonyl (C=O) groups is 1. The van der Waals surface area contributed by atoms with Gasteiger partial charge < -0.3 is 19.9 Å². The fourth-order valence-corrected chi connectivity index (χ4v) is 4.47. The number of hydrogen-bond donors (Lipinski definition) is 2. The predicted molar refractivity (Wildman–Crippen MR) is 138 cm³/mol. The highest BCUT2D eigenvalue weighted by molar-refractivity contribution is 7.90. The number of aromatic nitrogens is 2. The van der Waals surface area contributed by atoms with Crippen molar-refractivity contribution >= 4 is 21.7 Å². The summed E-state index contributed by atoms with van der Waals surface area (Å²) in [4.78, 5) is 21.3. The molecule has 1 saturated heterocycles. The van der Waals surface area contributed by atoms with Gasteiger partial charge in [-0.1, -0.05) is 26.8 Å². The highest BCUT2D eigenvalue weighted by Crippen LogP contribution is 2.31. The van der Waals surface area contributed by atoms with Crippen molar-refractivity contribution in [2.24, 2.45) is 11.3 Å². The third-order valence-corrected chi connectivity index (χ3v) is 6.79. The van der Waals surface area contributed by atoms with Crippen LogP contribution in [0.25, 0.3) is 11.3 Å². The van der Waals surface area contributed by atoms with Crippen molar-refractivity contribution in [3.05, 3.63) is 59.9 Å². The Morgan fingerprint density at radius 1 is 1.16 bits per heavy atom. The minimum Gasteiger partial charge on any atom is -0.493 e. The largest absolute Gasteiger partial charge is 0.493 e. The number of carbonyl (C=O) groups excluding carboxylic acids is 1. The van der Waals surface area contributed by atoms with E-state index in [2.05, 4.69) is 9.97 Å². The van der Waals surface area contributed by atoms with E-state index in [-0.39, 0.29) is 35.2 Å². The molecular formula is C26H29FN4O6S. The Balaban J connectivity index is 1.66. The first-order chi connectivity index (χ1) is 17.9. The topological polar surface area (TPSA) is 143 Å². The number of nitrogen functional groups attached to an aromatic ring is 1. The van der Waals surface area contributed by atoms with Crippen molar-refractivity contribution in [2.75, 3.05) is 32.2 Å². The zero-order chi connectivity index (χ0) is 27.5. The predicted octanol–water partition coefficient (Wildman–Crippen LogP) is 3.43. The summed E-state index contributed by atoms with van der Waals surface area (Å²) in [6.07, 6.45) is 0. The zero-order valence-corrected chi connectivity index (χ0v) is 22.0. The number of pyridine rings is 2. The van der Waals surface area contributed by atoms with Gasteiger partial charge in [-0.25, -0.2) is 19.1 Å². The Labute approximate surface area is 220 Å². The van der Waals surface area contributed by atoms with Gasteiger partial charge in [0.2, 0.25) is 5.88 Å². The standard InChI is InChI=1S/C26H29FN4O6S/c1-16(2)12-36-19-10-17(9-18(27)11-19)21-8-7-20(25(29-21)37-15-26(3)13-35-14-26)24(32)31-38(33,34)23-6-4-5-22(28)30-23/h4-11,16H,12-15H2,1-3H3,(H2,28,30)(H,31,32). The Morgan fingerprint density at radius 2 is 1.92 bits per heavy atom. The molecule has 1 amide bonds. The van der Waals surface area contributed by atoms with Crippen molar-refractivity contribution in [2.45, 2.75) is 25.8 Å². The molecule has 4 rings (SSSR count). The van der Waals surface area contributed by atoms with E-state index in [1.165, 1.54) is 42.5 Å². The molecule has 0 bridgehead atoms. The lowest BCUT2D eigenvalue weighted by Gasteiger charge is -2.37. The van der Waals surface area contributed by atoms with Crippen molar-refractivity contribution < 1.29 is 31.8 Å². The highest BCUT2D eigenvalue weighted by Gasteiger charge is 2.35. The van der Waals surface area contributed by atoms with Crippen LogP contribution >= 0.6 is 0 Å². The van der Waals surface area contributed by atoms with Gasteiger partial charge in [0, 0.05) is 17.0 Å². The van der Waals surface area contributed by atoms with Crippen LogP contribution in [0, 0.1) is 17.2 Å². The van der Waals surface area contributed by atoms with Crippen LogP contribution in [0.1, 0.15) is 31.1 Å². The monoisotopic (exact) mass is 544 g/mol. The first-order valence-corrected chi connectivity index (χ1v) is 13.4. The number of ether oxygens (including phenoxy) is 3. The number of benzene rings is 1. The molecule has 38 heavy (non-hydrogen) atoms. The third kappa shape index (κ3) is 6.56. The average molecular weight is 545 g/mol. The Morgan fingerprint density at radius 3 is 2.58 bits per heavy atom. The SMILES string of the molecule is CC(C)COc1cc(F)cc(-c2ccc(C(=O)NS(=O)(=O)c3cccc(N)n3)c(OCC3(C)COC3)n2)c1. The van der Waals surface area contributed by atoms with Crippen molar-refractivity contribution in [1.29, 1.82) is 0 Å². The first kappa shape index (κ1) is 27.3. The van der Waals surface area contributed by atoms with E-state index in [4.69, 9.17) is 19.9 Å². The van der Waals surface area contributed by atoms with Gasteiger partial charge in [0.15, 0.2) is 5.03 Å². The summed E-state index contributed by atoms with van der Waals surface area (Å²) in [6.45, 7) is 7.40. The number of nitrogens with one attached hydrogen (secondary N) is 1. The van der Waals surface area contributed by atoms with Gasteiger partial charge >= 0.3 is 0 Å². The van der Waals surface area contributed by atoms with Crippen molar-refractivity contribution in [3.63, 3.8) is 0 Å². The van der Waals surface area contributed by atoms with Crippen LogP contribution in [-0.4, -0.2) is 50.7 Å². The summed E-state index contributed by atoms with van der Waals surface area (Å²) in [5.41, 5.74) is 5.87. The molecule has 0 atom stereocenters. The highest BCUT2D eigenvalue weighted by atomic mass is 32.2. The molecule has 1 aliphatic rings. The normalized spacial score (nSPS) is 14.6. The Hall–Kier alpha value is -3.77. The van der Waals surface area contributed by atoms with Gasteiger partial charge in [0.25, 0.3) is 15.9 Å². The smallest absolute Gasteiger partial charge is 0.281 e. The molecule has 0 radical (unpaired) electrons. The molecule has 0 saturated carbocycles. The molecule has 12 heteroatoms. The van der Waals surface area contributed by atoms with Crippen LogP contribution < -0.4 is 19.9 Å². The van der Waals surface area contributed by atoms with E-state index < -0.39 is 26.8 Å². The van der Waals surface area contributed by atoms with Gasteiger partial charge in [0.05, 0.1) is 32.1 Å². The molecule has 2 aromatic heterocycles. The third-order valence-electron chi connectivity index (χ3n) is 5.56. The van der Waals surface area contributed by atoms with Crippen LogP contribution in [0.5, 0.6) is 11.6 Å². The van der Waals surface area contributed by atoms with Crippen molar-refractivity contribution in [1.82, 2.24) is 14.7 Å². The van der Waals surface area contributed by atoms with Gasteiger partial charge in [-0.05, 0) is 42.3 Å². The van der Waals surface area contributed by atoms with Crippen LogP contribution in [0.2, 0.25) is 0 Å². The van der Waals surface area contributed by atoms with Gasteiger partial charge in [-0.3, -0.25) is 4.79 Å². The molecule has 0 aliphatic carbocycles. The minimum atomic E-state index is -4.33. The lowest BCUT2D eigenvalue weighted by Crippen LogP contribution is -2.44. The molecular weight excluding hydrogens is 515 g/mol. The maximum absolute atomic E-state index is 14.4. The Kier molecular flexibility index (Phi) is 7.83. The maximum atomic E-state index is 14.4.